The number of allylic oxidation sites excluding steroid dienone is 1. The molecule has 0 aliphatic heterocycles. The number of halogens is 3. The molecule has 0 aliphatic rings. The lowest BCUT2D eigenvalue weighted by Gasteiger charge is -2.14. The number of benzene rings is 3. The summed E-state index contributed by atoms with van der Waals surface area (Å²) in [6.07, 6.45) is -1.73. The van der Waals surface area contributed by atoms with Gasteiger partial charge >= 0.3 is 12.1 Å². The summed E-state index contributed by atoms with van der Waals surface area (Å²) in [7, 11) is 0. The van der Waals surface area contributed by atoms with E-state index in [-0.39, 0.29) is 11.5 Å². The lowest BCUT2D eigenvalue weighted by molar-refractivity contribution is -0.167. The van der Waals surface area contributed by atoms with Gasteiger partial charge in [0.1, 0.15) is 12.4 Å². The van der Waals surface area contributed by atoms with E-state index in [0.717, 1.165) is 5.56 Å². The fourth-order valence-corrected chi connectivity index (χ4v) is 3.46. The summed E-state index contributed by atoms with van der Waals surface area (Å²) in [5.41, 5.74) is 2.73. The van der Waals surface area contributed by atoms with Gasteiger partial charge in [-0.15, -0.1) is 11.8 Å². The van der Waals surface area contributed by atoms with Gasteiger partial charge in [-0.3, -0.25) is 9.59 Å². The number of thioether (sulfide) groups is 1. The summed E-state index contributed by atoms with van der Waals surface area (Å²) >= 11 is 1.31. The first-order chi connectivity index (χ1) is 16.7. The van der Waals surface area contributed by atoms with E-state index in [4.69, 9.17) is 4.74 Å². The number of rotatable bonds is 9. The number of hydrogen-bond acceptors (Lipinski definition) is 5. The second-order valence-electron chi connectivity index (χ2n) is 7.48. The molecule has 0 fully saturated rings. The van der Waals surface area contributed by atoms with E-state index in [2.05, 4.69) is 5.32 Å². The number of ketones is 1. The number of aryl methyl sites for hydroxylation is 1. The van der Waals surface area contributed by atoms with Crippen LogP contribution in [-0.2, 0) is 11.4 Å². The zero-order chi connectivity index (χ0) is 25.4. The highest BCUT2D eigenvalue weighted by Gasteiger charge is 2.38. The Morgan fingerprint density at radius 3 is 2.26 bits per heavy atom. The van der Waals surface area contributed by atoms with Crippen LogP contribution >= 0.6 is 11.8 Å². The van der Waals surface area contributed by atoms with Crippen LogP contribution in [0.4, 0.5) is 24.5 Å². The second kappa shape index (κ2) is 11.6. The third-order valence-corrected chi connectivity index (χ3v) is 5.53. The van der Waals surface area contributed by atoms with Gasteiger partial charge in [-0.25, -0.2) is 0 Å². The minimum atomic E-state index is -4.97. The van der Waals surface area contributed by atoms with Crippen LogP contribution in [0.1, 0.15) is 21.5 Å². The highest BCUT2D eigenvalue weighted by molar-refractivity contribution is 8.02. The van der Waals surface area contributed by atoms with Crippen LogP contribution in [0.2, 0.25) is 0 Å². The van der Waals surface area contributed by atoms with Crippen LogP contribution in [0.25, 0.3) is 0 Å². The summed E-state index contributed by atoms with van der Waals surface area (Å²) in [6, 6.07) is 20.9. The maximum Gasteiger partial charge on any atom is 0.471 e. The van der Waals surface area contributed by atoms with Gasteiger partial charge in [-0.1, -0.05) is 30.3 Å². The fourth-order valence-electron chi connectivity index (χ4n) is 3.02. The zero-order valence-electron chi connectivity index (χ0n) is 19.0. The lowest BCUT2D eigenvalue weighted by Crippen LogP contribution is -2.29. The number of carbonyl (C=O) groups is 2. The van der Waals surface area contributed by atoms with Crippen LogP contribution in [-0.4, -0.2) is 24.1 Å². The van der Waals surface area contributed by atoms with Crippen LogP contribution in [0.3, 0.4) is 0 Å². The summed E-state index contributed by atoms with van der Waals surface area (Å²) in [5.74, 6) is -1.61. The van der Waals surface area contributed by atoms with E-state index in [1.54, 1.807) is 37.4 Å². The van der Waals surface area contributed by atoms with Crippen molar-refractivity contribution >= 4 is 34.8 Å². The molecule has 0 spiro atoms. The van der Waals surface area contributed by atoms with E-state index in [9.17, 15) is 22.8 Å². The van der Waals surface area contributed by atoms with E-state index in [1.807, 2.05) is 35.6 Å². The van der Waals surface area contributed by atoms with Crippen LogP contribution in [0, 0.1) is 6.92 Å². The molecule has 0 aromatic heterocycles. The maximum absolute atomic E-state index is 12.7. The Hall–Kier alpha value is -3.72. The molecule has 2 N–H and O–H groups in total. The van der Waals surface area contributed by atoms with Crippen molar-refractivity contribution in [3.63, 3.8) is 0 Å². The molecule has 0 bridgehead atoms. The first-order valence-corrected chi connectivity index (χ1v) is 11.7. The monoisotopic (exact) mass is 500 g/mol. The van der Waals surface area contributed by atoms with Gasteiger partial charge in [-0.05, 0) is 66.8 Å². The Morgan fingerprint density at radius 2 is 1.66 bits per heavy atom. The third-order valence-electron chi connectivity index (χ3n) is 4.87. The van der Waals surface area contributed by atoms with E-state index >= 15 is 0 Å². The topological polar surface area (TPSA) is 67.4 Å². The molecule has 5 nitrogen and oxygen atoms in total. The van der Waals surface area contributed by atoms with Crippen molar-refractivity contribution in [2.45, 2.75) is 19.7 Å². The number of nitrogens with one attached hydrogen (secondary N) is 2. The molecule has 0 heterocycles. The molecule has 0 radical (unpaired) electrons. The zero-order valence-corrected chi connectivity index (χ0v) is 19.8. The molecule has 1 amide bonds. The SMILES string of the molecule is CSC(=CC(=O)c1ccc(OCc2ccccc2)cc1)Nc1ccc(NC(=O)C(F)(F)F)cc1C. The predicted octanol–water partition coefficient (Wildman–Crippen LogP) is 6.57. The molecule has 3 aromatic rings. The number of hydrogen-bond donors (Lipinski definition) is 2. The van der Waals surface area contributed by atoms with E-state index in [1.165, 1.54) is 36.0 Å². The number of ether oxygens (including phenoxy) is 1. The molecule has 3 rings (SSSR count). The van der Waals surface area contributed by atoms with Gasteiger partial charge in [0.25, 0.3) is 0 Å². The second-order valence-corrected chi connectivity index (χ2v) is 8.33. The number of alkyl halides is 3. The molecule has 0 atom stereocenters. The first-order valence-electron chi connectivity index (χ1n) is 10.5. The highest BCUT2D eigenvalue weighted by atomic mass is 32.2. The molecule has 0 saturated carbocycles. The Bertz CT molecular complexity index is 1210. The molecule has 0 unspecified atom stereocenters. The van der Waals surface area contributed by atoms with E-state index < -0.39 is 12.1 Å². The van der Waals surface area contributed by atoms with Gasteiger partial charge in [0.2, 0.25) is 0 Å². The van der Waals surface area contributed by atoms with E-state index in [0.29, 0.717) is 34.2 Å². The highest BCUT2D eigenvalue weighted by Crippen LogP contribution is 2.26. The average molecular weight is 501 g/mol. The first kappa shape index (κ1) is 25.9. The number of anilines is 2. The Labute approximate surface area is 205 Å². The standard InChI is InChI=1S/C26H23F3N2O3S/c1-17-14-20(30-25(33)26(27,28)29)10-13-22(17)31-24(35-2)15-23(32)19-8-11-21(12-9-19)34-16-18-6-4-3-5-7-18/h3-15,31H,16H2,1-2H3,(H,30,33). The quantitative estimate of drug-likeness (QED) is 0.257. The predicted molar refractivity (Wildman–Crippen MR) is 133 cm³/mol. The van der Waals surface area contributed by atoms with Crippen LogP contribution in [0.5, 0.6) is 5.75 Å². The van der Waals surface area contributed by atoms with Gasteiger partial charge in [0, 0.05) is 23.0 Å². The third kappa shape index (κ3) is 7.65. The normalized spacial score (nSPS) is 11.6. The van der Waals surface area contributed by atoms with Crippen LogP contribution in [0.15, 0.2) is 83.9 Å². The Kier molecular flexibility index (Phi) is 8.59. The molecule has 0 saturated heterocycles. The van der Waals surface area contributed by atoms with Crippen molar-refractivity contribution in [3.8, 4) is 5.75 Å². The van der Waals surface area contributed by atoms with Crippen molar-refractivity contribution < 1.29 is 27.5 Å². The fraction of sp³-hybridized carbons (Fsp3) is 0.154. The number of carbonyl (C=O) groups excluding carboxylic acids is 2. The molecule has 9 heteroatoms. The van der Waals surface area contributed by atoms with Crippen molar-refractivity contribution in [2.75, 3.05) is 16.9 Å². The van der Waals surface area contributed by atoms with Crippen molar-refractivity contribution in [1.82, 2.24) is 0 Å². The summed E-state index contributed by atoms with van der Waals surface area (Å²) in [6.45, 7) is 2.10. The number of amides is 1. The lowest BCUT2D eigenvalue weighted by atomic mass is 10.1. The summed E-state index contributed by atoms with van der Waals surface area (Å²) in [5, 5.41) is 5.47. The molecular formula is C26H23F3N2O3S. The molecular weight excluding hydrogens is 477 g/mol. The van der Waals surface area contributed by atoms with Gasteiger partial charge in [0.15, 0.2) is 5.78 Å². The minimum Gasteiger partial charge on any atom is -0.489 e. The van der Waals surface area contributed by atoms with Crippen molar-refractivity contribution in [2.24, 2.45) is 0 Å². The van der Waals surface area contributed by atoms with Gasteiger partial charge < -0.3 is 15.4 Å². The summed E-state index contributed by atoms with van der Waals surface area (Å²) in [4.78, 5) is 23.8. The van der Waals surface area contributed by atoms with Gasteiger partial charge in [0.05, 0.1) is 5.03 Å². The van der Waals surface area contributed by atoms with Crippen LogP contribution < -0.4 is 15.4 Å². The molecule has 0 aliphatic carbocycles. The largest absolute Gasteiger partial charge is 0.489 e. The molecule has 182 valence electrons. The smallest absolute Gasteiger partial charge is 0.471 e. The summed E-state index contributed by atoms with van der Waals surface area (Å²) < 4.78 is 43.1. The maximum atomic E-state index is 12.7. The van der Waals surface area contributed by atoms with Gasteiger partial charge in [-0.2, -0.15) is 13.2 Å². The Balaban J connectivity index is 1.63. The minimum absolute atomic E-state index is 0.0238. The Morgan fingerprint density at radius 1 is 0.971 bits per heavy atom. The average Bonchev–Trinajstić information content (AvgIpc) is 2.84. The van der Waals surface area contributed by atoms with Crippen molar-refractivity contribution in [3.05, 3.63) is 101 Å². The molecule has 35 heavy (non-hydrogen) atoms. The molecule has 3 aromatic carbocycles. The van der Waals surface area contributed by atoms with Crippen molar-refractivity contribution in [1.29, 1.82) is 0 Å².